The van der Waals surface area contributed by atoms with E-state index >= 15 is 0 Å². The molecule has 0 aromatic heterocycles. The van der Waals surface area contributed by atoms with Crippen LogP contribution in [0.15, 0.2) is 24.3 Å². The number of hydrogen-bond acceptors (Lipinski definition) is 2. The quantitative estimate of drug-likeness (QED) is 0.822. The van der Waals surface area contributed by atoms with Gasteiger partial charge in [0.15, 0.2) is 0 Å². The third kappa shape index (κ3) is 3.39. The van der Waals surface area contributed by atoms with Gasteiger partial charge >= 0.3 is 0 Å². The third-order valence-corrected chi connectivity index (χ3v) is 4.35. The summed E-state index contributed by atoms with van der Waals surface area (Å²) in [6.45, 7) is 5.75. The van der Waals surface area contributed by atoms with Crippen LogP contribution in [0.4, 0.5) is 4.39 Å². The molecule has 1 N–H and O–H groups in total. The van der Waals surface area contributed by atoms with E-state index in [0.717, 1.165) is 31.6 Å². The van der Waals surface area contributed by atoms with Crippen molar-refractivity contribution in [2.45, 2.75) is 57.6 Å². The number of likely N-dealkylation sites (N-methyl/N-ethyl adjacent to an activating group) is 1. The van der Waals surface area contributed by atoms with Crippen molar-refractivity contribution < 1.29 is 9.13 Å². The highest BCUT2D eigenvalue weighted by atomic mass is 19.1. The van der Waals surface area contributed by atoms with E-state index in [4.69, 9.17) is 4.74 Å². The van der Waals surface area contributed by atoms with Crippen molar-refractivity contribution in [1.29, 1.82) is 0 Å². The van der Waals surface area contributed by atoms with Gasteiger partial charge in [-0.2, -0.15) is 0 Å². The van der Waals surface area contributed by atoms with E-state index < -0.39 is 0 Å². The second-order valence-electron chi connectivity index (χ2n) is 5.61. The van der Waals surface area contributed by atoms with Gasteiger partial charge in [-0.3, -0.25) is 0 Å². The predicted octanol–water partition coefficient (Wildman–Crippen LogP) is 3.70. The zero-order valence-corrected chi connectivity index (χ0v) is 12.6. The zero-order valence-electron chi connectivity index (χ0n) is 12.6. The van der Waals surface area contributed by atoms with Crippen molar-refractivity contribution in [3.8, 4) is 0 Å². The fourth-order valence-electron chi connectivity index (χ4n) is 3.43. The summed E-state index contributed by atoms with van der Waals surface area (Å²) in [6.07, 6.45) is 5.26. The standard InChI is InChI=1S/C17H26FNO/c1-3-19-16(13-14-9-5-6-10-15(14)18)17(20-4-2)11-7-8-12-17/h5-6,9-10,16,19H,3-4,7-8,11-13H2,1-2H3. The Kier molecular flexibility index (Phi) is 5.55. The topological polar surface area (TPSA) is 21.3 Å². The Labute approximate surface area is 121 Å². The van der Waals surface area contributed by atoms with Crippen LogP contribution in [-0.2, 0) is 11.2 Å². The highest BCUT2D eigenvalue weighted by Crippen LogP contribution is 2.37. The average Bonchev–Trinajstić information content (AvgIpc) is 2.91. The molecule has 0 saturated heterocycles. The number of nitrogens with one attached hydrogen (secondary N) is 1. The summed E-state index contributed by atoms with van der Waals surface area (Å²) in [5, 5.41) is 3.53. The Morgan fingerprint density at radius 1 is 1.25 bits per heavy atom. The molecule has 0 heterocycles. The second-order valence-corrected chi connectivity index (χ2v) is 5.61. The minimum absolute atomic E-state index is 0.111. The Morgan fingerprint density at radius 2 is 1.95 bits per heavy atom. The Hall–Kier alpha value is -0.930. The van der Waals surface area contributed by atoms with E-state index in [1.807, 2.05) is 19.1 Å². The molecule has 0 spiro atoms. The molecule has 0 bridgehead atoms. The number of rotatable bonds is 7. The van der Waals surface area contributed by atoms with Crippen molar-refractivity contribution in [2.24, 2.45) is 0 Å². The molecule has 1 saturated carbocycles. The monoisotopic (exact) mass is 279 g/mol. The molecule has 2 nitrogen and oxygen atoms in total. The molecular weight excluding hydrogens is 253 g/mol. The first kappa shape index (κ1) is 15.5. The van der Waals surface area contributed by atoms with Crippen molar-refractivity contribution in [1.82, 2.24) is 5.32 Å². The maximum absolute atomic E-state index is 13.9. The van der Waals surface area contributed by atoms with E-state index in [9.17, 15) is 4.39 Å². The van der Waals surface area contributed by atoms with Gasteiger partial charge in [0.05, 0.1) is 5.60 Å². The fourth-order valence-corrected chi connectivity index (χ4v) is 3.43. The lowest BCUT2D eigenvalue weighted by Gasteiger charge is -2.38. The van der Waals surface area contributed by atoms with Gasteiger partial charge in [0, 0.05) is 12.6 Å². The lowest BCUT2D eigenvalue weighted by Crippen LogP contribution is -2.52. The molecule has 112 valence electrons. The molecule has 1 aliphatic carbocycles. The average molecular weight is 279 g/mol. The molecule has 1 fully saturated rings. The molecule has 0 aliphatic heterocycles. The smallest absolute Gasteiger partial charge is 0.126 e. The lowest BCUT2D eigenvalue weighted by atomic mass is 9.87. The van der Waals surface area contributed by atoms with Crippen LogP contribution in [0.2, 0.25) is 0 Å². The number of hydrogen-bond donors (Lipinski definition) is 1. The van der Waals surface area contributed by atoms with Crippen LogP contribution in [-0.4, -0.2) is 24.8 Å². The Morgan fingerprint density at radius 3 is 2.55 bits per heavy atom. The zero-order chi connectivity index (χ0) is 14.4. The van der Waals surface area contributed by atoms with Gasteiger partial charge in [-0.15, -0.1) is 0 Å². The summed E-state index contributed by atoms with van der Waals surface area (Å²) >= 11 is 0. The maximum Gasteiger partial charge on any atom is 0.126 e. The van der Waals surface area contributed by atoms with Gasteiger partial charge < -0.3 is 10.1 Å². The molecule has 2 rings (SSSR count). The van der Waals surface area contributed by atoms with Crippen LogP contribution in [0.1, 0.15) is 45.1 Å². The predicted molar refractivity (Wildman–Crippen MR) is 80.4 cm³/mol. The molecule has 0 amide bonds. The van der Waals surface area contributed by atoms with Crippen LogP contribution in [0, 0.1) is 5.82 Å². The number of benzene rings is 1. The Bertz CT molecular complexity index is 415. The molecule has 3 heteroatoms. The summed E-state index contributed by atoms with van der Waals surface area (Å²) in [5.41, 5.74) is 0.664. The molecule has 0 radical (unpaired) electrons. The van der Waals surface area contributed by atoms with E-state index in [2.05, 4.69) is 12.2 Å². The van der Waals surface area contributed by atoms with Gasteiger partial charge in [-0.25, -0.2) is 4.39 Å². The molecular formula is C17H26FNO. The highest BCUT2D eigenvalue weighted by Gasteiger charge is 2.41. The first-order valence-electron chi connectivity index (χ1n) is 7.82. The van der Waals surface area contributed by atoms with Crippen LogP contribution < -0.4 is 5.32 Å². The second kappa shape index (κ2) is 7.19. The summed E-state index contributed by atoms with van der Waals surface area (Å²) in [7, 11) is 0. The van der Waals surface area contributed by atoms with E-state index in [0.29, 0.717) is 6.42 Å². The summed E-state index contributed by atoms with van der Waals surface area (Å²) in [6, 6.07) is 7.26. The van der Waals surface area contributed by atoms with E-state index in [1.165, 1.54) is 12.8 Å². The maximum atomic E-state index is 13.9. The first-order valence-corrected chi connectivity index (χ1v) is 7.82. The highest BCUT2D eigenvalue weighted by molar-refractivity contribution is 5.20. The number of halogens is 1. The SMILES string of the molecule is CCNC(Cc1ccccc1F)C1(OCC)CCCC1. The minimum atomic E-state index is -0.118. The van der Waals surface area contributed by atoms with Crippen molar-refractivity contribution >= 4 is 0 Å². The molecule has 1 aliphatic rings. The molecule has 1 atom stereocenters. The van der Waals surface area contributed by atoms with Gasteiger partial charge in [0.2, 0.25) is 0 Å². The van der Waals surface area contributed by atoms with Gasteiger partial charge in [-0.05, 0) is 44.4 Å². The Balaban J connectivity index is 2.19. The van der Waals surface area contributed by atoms with Gasteiger partial charge in [-0.1, -0.05) is 38.0 Å². The van der Waals surface area contributed by atoms with Crippen LogP contribution in [0.25, 0.3) is 0 Å². The summed E-state index contributed by atoms with van der Waals surface area (Å²) in [5.74, 6) is -0.111. The third-order valence-electron chi connectivity index (χ3n) is 4.35. The number of ether oxygens (including phenoxy) is 1. The molecule has 1 aromatic rings. The lowest BCUT2D eigenvalue weighted by molar-refractivity contribution is -0.0610. The van der Waals surface area contributed by atoms with Crippen molar-refractivity contribution in [3.05, 3.63) is 35.6 Å². The summed E-state index contributed by atoms with van der Waals surface area (Å²) < 4.78 is 20.1. The molecule has 1 unspecified atom stereocenters. The first-order chi connectivity index (χ1) is 9.72. The van der Waals surface area contributed by atoms with Gasteiger partial charge in [0.1, 0.15) is 5.82 Å². The van der Waals surface area contributed by atoms with E-state index in [1.54, 1.807) is 12.1 Å². The van der Waals surface area contributed by atoms with Gasteiger partial charge in [0.25, 0.3) is 0 Å². The summed E-state index contributed by atoms with van der Waals surface area (Å²) in [4.78, 5) is 0. The fraction of sp³-hybridized carbons (Fsp3) is 0.647. The van der Waals surface area contributed by atoms with Crippen molar-refractivity contribution in [3.63, 3.8) is 0 Å². The minimum Gasteiger partial charge on any atom is -0.374 e. The molecule has 20 heavy (non-hydrogen) atoms. The van der Waals surface area contributed by atoms with Crippen LogP contribution >= 0.6 is 0 Å². The van der Waals surface area contributed by atoms with Crippen LogP contribution in [0.5, 0.6) is 0 Å². The van der Waals surface area contributed by atoms with Crippen LogP contribution in [0.3, 0.4) is 0 Å². The van der Waals surface area contributed by atoms with Crippen molar-refractivity contribution in [2.75, 3.05) is 13.2 Å². The molecule has 1 aromatic carbocycles. The van der Waals surface area contributed by atoms with E-state index in [-0.39, 0.29) is 17.5 Å². The largest absolute Gasteiger partial charge is 0.374 e. The normalized spacial score (nSPS) is 19.1.